The number of nitrogens with zero attached hydrogens (tertiary/aromatic N) is 1. The van der Waals surface area contributed by atoms with Crippen molar-refractivity contribution in [3.05, 3.63) is 186 Å². The Morgan fingerprint density at radius 1 is 0.422 bits per heavy atom. The number of hydrogen-bond acceptors (Lipinski definition) is 2. The summed E-state index contributed by atoms with van der Waals surface area (Å²) >= 11 is 1.93. The average molecular weight is 590 g/mol. The van der Waals surface area contributed by atoms with Crippen LogP contribution >= 0.6 is 11.3 Å². The summed E-state index contributed by atoms with van der Waals surface area (Å²) in [7, 11) is 0. The lowest BCUT2D eigenvalue weighted by Crippen LogP contribution is -2.26. The first-order valence-corrected chi connectivity index (χ1v) is 16.3. The quantitative estimate of drug-likeness (QED) is 0.198. The summed E-state index contributed by atoms with van der Waals surface area (Å²) in [4.78, 5) is 3.81. The van der Waals surface area contributed by atoms with Crippen LogP contribution in [0, 0.1) is 0 Å². The van der Waals surface area contributed by atoms with Gasteiger partial charge in [-0.2, -0.15) is 0 Å². The topological polar surface area (TPSA) is 3.24 Å². The minimum absolute atomic E-state index is 0.390. The molecule has 2 heteroatoms. The van der Waals surface area contributed by atoms with E-state index in [0.29, 0.717) is 0 Å². The zero-order chi connectivity index (χ0) is 29.5. The minimum atomic E-state index is -0.390. The average Bonchev–Trinajstić information content (AvgIpc) is 3.72. The van der Waals surface area contributed by atoms with Gasteiger partial charge in [-0.3, -0.25) is 0 Å². The van der Waals surface area contributed by atoms with Gasteiger partial charge in [0.05, 0.1) is 5.41 Å². The number of thiophene rings is 1. The van der Waals surface area contributed by atoms with Crippen LogP contribution in [-0.4, -0.2) is 0 Å². The van der Waals surface area contributed by atoms with Gasteiger partial charge in [0, 0.05) is 26.6 Å². The fraction of sp³-hybridized carbons (Fsp3) is 0.0233. The molecule has 0 saturated heterocycles. The van der Waals surface area contributed by atoms with E-state index in [1.807, 2.05) is 11.3 Å². The molecule has 1 atom stereocenters. The maximum absolute atomic E-state index is 2.48. The van der Waals surface area contributed by atoms with E-state index in [2.05, 4.69) is 169 Å². The van der Waals surface area contributed by atoms with Crippen molar-refractivity contribution in [2.75, 3.05) is 4.90 Å². The Bertz CT molecular complexity index is 2450. The number of anilines is 3. The predicted molar refractivity (Wildman–Crippen MR) is 190 cm³/mol. The molecule has 1 unspecified atom stereocenters. The highest BCUT2D eigenvalue weighted by molar-refractivity contribution is 7.22. The van der Waals surface area contributed by atoms with Gasteiger partial charge in [0.2, 0.25) is 0 Å². The summed E-state index contributed by atoms with van der Waals surface area (Å²) in [6, 6.07) is 60.5. The van der Waals surface area contributed by atoms with E-state index in [1.165, 1.54) is 64.7 Å². The summed E-state index contributed by atoms with van der Waals surface area (Å²) in [6.07, 6.45) is 0. The molecule has 8 aromatic rings. The van der Waals surface area contributed by atoms with Gasteiger partial charge >= 0.3 is 0 Å². The second-order valence-corrected chi connectivity index (χ2v) is 13.1. The Hall–Kier alpha value is -5.44. The third kappa shape index (κ3) is 3.32. The van der Waals surface area contributed by atoms with E-state index in [-0.39, 0.29) is 5.41 Å². The van der Waals surface area contributed by atoms with Crippen molar-refractivity contribution in [3.8, 4) is 21.6 Å². The molecular weight excluding hydrogens is 563 g/mol. The first kappa shape index (κ1) is 24.9. The molecule has 1 aromatic heterocycles. The van der Waals surface area contributed by atoms with E-state index in [1.54, 1.807) is 0 Å². The molecule has 210 valence electrons. The smallest absolute Gasteiger partial charge is 0.0740 e. The summed E-state index contributed by atoms with van der Waals surface area (Å²) in [6.45, 7) is 0. The molecule has 1 nitrogen and oxygen atoms in total. The zero-order valence-corrected chi connectivity index (χ0v) is 25.3. The van der Waals surface area contributed by atoms with Crippen LogP contribution in [0.2, 0.25) is 0 Å². The van der Waals surface area contributed by atoms with Gasteiger partial charge in [-0.05, 0) is 97.6 Å². The molecule has 45 heavy (non-hydrogen) atoms. The normalized spacial score (nSPS) is 15.6. The van der Waals surface area contributed by atoms with Crippen LogP contribution < -0.4 is 4.90 Å². The number of para-hydroxylation sites is 1. The van der Waals surface area contributed by atoms with Crippen molar-refractivity contribution in [1.29, 1.82) is 0 Å². The Kier molecular flexibility index (Phi) is 5.14. The van der Waals surface area contributed by atoms with Gasteiger partial charge in [-0.1, -0.05) is 121 Å². The van der Waals surface area contributed by atoms with Gasteiger partial charge in [-0.25, -0.2) is 0 Å². The maximum atomic E-state index is 2.48. The molecule has 0 aliphatic heterocycles. The van der Waals surface area contributed by atoms with Crippen LogP contribution in [0.5, 0.6) is 0 Å². The first-order chi connectivity index (χ1) is 22.3. The molecule has 0 N–H and O–H groups in total. The molecule has 2 aliphatic rings. The molecule has 0 radical (unpaired) electrons. The SMILES string of the molecule is c1ccc(N(c2ccc3c(c2)C2(c4ccccc4-3)c3ccccc3-c3sc4ccccc4c32)c2ccc3ccccc3c2)cc1. The molecule has 7 aromatic carbocycles. The number of hydrogen-bond donors (Lipinski definition) is 0. The van der Waals surface area contributed by atoms with Crippen LogP contribution in [0.25, 0.3) is 42.4 Å². The molecule has 10 rings (SSSR count). The third-order valence-electron chi connectivity index (χ3n) is 9.84. The largest absolute Gasteiger partial charge is 0.310 e. The van der Waals surface area contributed by atoms with Gasteiger partial charge in [0.25, 0.3) is 0 Å². The lowest BCUT2D eigenvalue weighted by Gasteiger charge is -2.32. The summed E-state index contributed by atoms with van der Waals surface area (Å²) in [5.41, 5.74) is 12.6. The second-order valence-electron chi connectivity index (χ2n) is 12.1. The van der Waals surface area contributed by atoms with Gasteiger partial charge < -0.3 is 4.90 Å². The molecule has 0 saturated carbocycles. The van der Waals surface area contributed by atoms with Crippen LogP contribution in [0.15, 0.2) is 164 Å². The van der Waals surface area contributed by atoms with Gasteiger partial charge in [0.1, 0.15) is 0 Å². The van der Waals surface area contributed by atoms with Crippen molar-refractivity contribution in [3.63, 3.8) is 0 Å². The maximum Gasteiger partial charge on any atom is 0.0740 e. The molecule has 0 bridgehead atoms. The first-order valence-electron chi connectivity index (χ1n) is 15.5. The van der Waals surface area contributed by atoms with Crippen molar-refractivity contribution in [2.24, 2.45) is 0 Å². The molecule has 0 fully saturated rings. The fourth-order valence-corrected chi connectivity index (χ4v) is 9.36. The van der Waals surface area contributed by atoms with Gasteiger partial charge in [-0.15, -0.1) is 11.3 Å². The van der Waals surface area contributed by atoms with Crippen LogP contribution in [-0.2, 0) is 5.41 Å². The van der Waals surface area contributed by atoms with Crippen molar-refractivity contribution < 1.29 is 0 Å². The van der Waals surface area contributed by atoms with Crippen molar-refractivity contribution >= 4 is 49.3 Å². The van der Waals surface area contributed by atoms with E-state index in [9.17, 15) is 0 Å². The lowest BCUT2D eigenvalue weighted by atomic mass is 9.70. The lowest BCUT2D eigenvalue weighted by molar-refractivity contribution is 0.802. The Labute approximate surface area is 266 Å². The highest BCUT2D eigenvalue weighted by Gasteiger charge is 2.53. The number of benzene rings is 7. The summed E-state index contributed by atoms with van der Waals surface area (Å²) < 4.78 is 1.35. The Balaban J connectivity index is 1.30. The highest BCUT2D eigenvalue weighted by Crippen LogP contribution is 2.66. The third-order valence-corrected chi connectivity index (χ3v) is 11.0. The van der Waals surface area contributed by atoms with Crippen molar-refractivity contribution in [2.45, 2.75) is 5.41 Å². The molecule has 1 heterocycles. The van der Waals surface area contributed by atoms with E-state index in [4.69, 9.17) is 0 Å². The number of rotatable bonds is 3. The zero-order valence-electron chi connectivity index (χ0n) is 24.4. The number of fused-ring (bicyclic) bond motifs is 13. The second kappa shape index (κ2) is 9.28. The van der Waals surface area contributed by atoms with Crippen molar-refractivity contribution in [1.82, 2.24) is 0 Å². The fourth-order valence-electron chi connectivity index (χ4n) is 8.06. The van der Waals surface area contributed by atoms with E-state index >= 15 is 0 Å². The van der Waals surface area contributed by atoms with Crippen LogP contribution in [0.3, 0.4) is 0 Å². The van der Waals surface area contributed by atoms with Crippen LogP contribution in [0.1, 0.15) is 22.3 Å². The Morgan fingerprint density at radius 2 is 1.04 bits per heavy atom. The monoisotopic (exact) mass is 589 g/mol. The minimum Gasteiger partial charge on any atom is -0.310 e. The standard InChI is InChI=1S/C43H27NS/c1-2-14-30(15-3-1)44(31-23-22-28-12-4-5-13-29(28)26-31)32-24-25-34-33-16-6-9-19-37(33)43(39(34)27-32)38-20-10-7-17-35(38)42-41(43)36-18-8-11-21-40(36)45-42/h1-27H. The van der Waals surface area contributed by atoms with Gasteiger partial charge in [0.15, 0.2) is 0 Å². The molecular formula is C43H27NS. The van der Waals surface area contributed by atoms with Crippen LogP contribution in [0.4, 0.5) is 17.1 Å². The Morgan fingerprint density at radius 3 is 1.91 bits per heavy atom. The predicted octanol–water partition coefficient (Wildman–Crippen LogP) is 11.9. The molecule has 1 spiro atoms. The summed E-state index contributed by atoms with van der Waals surface area (Å²) in [5, 5.41) is 3.84. The molecule has 2 aliphatic carbocycles. The van der Waals surface area contributed by atoms with E-state index < -0.39 is 0 Å². The summed E-state index contributed by atoms with van der Waals surface area (Å²) in [5.74, 6) is 0. The molecule has 0 amide bonds. The highest BCUT2D eigenvalue weighted by atomic mass is 32.1. The van der Waals surface area contributed by atoms with E-state index in [0.717, 1.165) is 17.1 Å².